The number of hydrogen-bond donors (Lipinski definition) is 2. The highest BCUT2D eigenvalue weighted by Gasteiger charge is 2.18. The van der Waals surface area contributed by atoms with Gasteiger partial charge in [0.05, 0.1) is 4.90 Å². The number of carboxylic acid groups (broad SMARTS) is 1. The van der Waals surface area contributed by atoms with Crippen LogP contribution < -0.4 is 0 Å². The van der Waals surface area contributed by atoms with E-state index < -0.39 is 16.0 Å². The molecule has 2 aromatic rings. The van der Waals surface area contributed by atoms with Gasteiger partial charge in [-0.15, -0.1) is 0 Å². The van der Waals surface area contributed by atoms with Gasteiger partial charge in [0.25, 0.3) is 0 Å². The lowest BCUT2D eigenvalue weighted by Crippen LogP contribution is -2.22. The molecular weight excluding hydrogens is 306 g/mol. The van der Waals surface area contributed by atoms with Crippen LogP contribution in [-0.2, 0) is 10.0 Å². The minimum absolute atomic E-state index is 0.122. The smallest absolute Gasteiger partial charge is 0.339 e. The normalized spacial score (nSPS) is 11.6. The van der Waals surface area contributed by atoms with Crippen molar-refractivity contribution in [2.75, 3.05) is 14.1 Å². The Morgan fingerprint density at radius 2 is 1.68 bits per heavy atom. The Bertz CT molecular complexity index is 828. The summed E-state index contributed by atoms with van der Waals surface area (Å²) in [5.74, 6) is -1.60. The summed E-state index contributed by atoms with van der Waals surface area (Å²) in [5.41, 5.74) is 0.884. The Morgan fingerprint density at radius 1 is 1.05 bits per heavy atom. The van der Waals surface area contributed by atoms with Crippen molar-refractivity contribution in [1.29, 1.82) is 0 Å². The van der Waals surface area contributed by atoms with Crippen molar-refractivity contribution in [1.82, 2.24) is 4.31 Å². The van der Waals surface area contributed by atoms with Crippen LogP contribution in [0.1, 0.15) is 10.4 Å². The molecule has 22 heavy (non-hydrogen) atoms. The summed E-state index contributed by atoms with van der Waals surface area (Å²) < 4.78 is 25.4. The SMILES string of the molecule is CN(C)S(=O)(=O)c1cccc(-c2ccc(C(=O)O)c(O)c2)c1. The molecule has 0 bridgehead atoms. The molecule has 2 aromatic carbocycles. The van der Waals surface area contributed by atoms with Gasteiger partial charge in [0.1, 0.15) is 11.3 Å². The summed E-state index contributed by atoms with van der Waals surface area (Å²) in [4.78, 5) is 11.0. The van der Waals surface area contributed by atoms with E-state index in [2.05, 4.69) is 0 Å². The average molecular weight is 321 g/mol. The molecule has 2 rings (SSSR count). The fourth-order valence-electron chi connectivity index (χ4n) is 1.94. The predicted molar refractivity (Wildman–Crippen MR) is 81.4 cm³/mol. The van der Waals surface area contributed by atoms with Crippen LogP contribution >= 0.6 is 0 Å². The number of benzene rings is 2. The highest BCUT2D eigenvalue weighted by molar-refractivity contribution is 7.89. The third-order valence-electron chi connectivity index (χ3n) is 3.17. The number of nitrogens with zero attached hydrogens (tertiary/aromatic N) is 1. The minimum atomic E-state index is -3.56. The lowest BCUT2D eigenvalue weighted by atomic mass is 10.0. The third-order valence-corrected chi connectivity index (χ3v) is 4.99. The standard InChI is InChI=1S/C15H15NO5S/c1-16(2)22(20,21)12-5-3-4-10(8-12)11-6-7-13(15(18)19)14(17)9-11/h3-9,17H,1-2H3,(H,18,19). The first-order valence-electron chi connectivity index (χ1n) is 6.33. The van der Waals surface area contributed by atoms with Gasteiger partial charge in [0.2, 0.25) is 10.0 Å². The lowest BCUT2D eigenvalue weighted by Gasteiger charge is -2.12. The first-order chi connectivity index (χ1) is 10.2. The molecule has 6 nitrogen and oxygen atoms in total. The van der Waals surface area contributed by atoms with Gasteiger partial charge in [-0.1, -0.05) is 18.2 Å². The van der Waals surface area contributed by atoms with Gasteiger partial charge >= 0.3 is 5.97 Å². The van der Waals surface area contributed by atoms with Gasteiger partial charge in [0, 0.05) is 14.1 Å². The number of phenols is 1. The highest BCUT2D eigenvalue weighted by Crippen LogP contribution is 2.28. The summed E-state index contributed by atoms with van der Waals surface area (Å²) in [5, 5.41) is 18.6. The van der Waals surface area contributed by atoms with Gasteiger partial charge in [0.15, 0.2) is 0 Å². The molecule has 0 amide bonds. The van der Waals surface area contributed by atoms with E-state index >= 15 is 0 Å². The van der Waals surface area contributed by atoms with Crippen LogP contribution in [0, 0.1) is 0 Å². The molecule has 0 atom stereocenters. The summed E-state index contributed by atoms with van der Waals surface area (Å²) in [7, 11) is -0.682. The maximum atomic E-state index is 12.1. The van der Waals surface area contributed by atoms with Crippen LogP contribution in [0.25, 0.3) is 11.1 Å². The number of aromatic carboxylic acids is 1. The molecule has 0 radical (unpaired) electrons. The number of aromatic hydroxyl groups is 1. The second-order valence-corrected chi connectivity index (χ2v) is 7.00. The molecule has 0 spiro atoms. The molecule has 0 fully saturated rings. The first kappa shape index (κ1) is 16.0. The van der Waals surface area contributed by atoms with Crippen LogP contribution in [-0.4, -0.2) is 43.0 Å². The molecule has 2 N–H and O–H groups in total. The van der Waals surface area contributed by atoms with E-state index in [9.17, 15) is 18.3 Å². The second-order valence-electron chi connectivity index (χ2n) is 4.85. The zero-order valence-corrected chi connectivity index (χ0v) is 12.8. The van der Waals surface area contributed by atoms with Gasteiger partial charge in [-0.2, -0.15) is 0 Å². The van der Waals surface area contributed by atoms with E-state index in [1.807, 2.05) is 0 Å². The van der Waals surface area contributed by atoms with Gasteiger partial charge in [-0.05, 0) is 35.4 Å². The summed E-state index contributed by atoms with van der Waals surface area (Å²) in [6.07, 6.45) is 0. The van der Waals surface area contributed by atoms with E-state index in [1.54, 1.807) is 12.1 Å². The van der Waals surface area contributed by atoms with Crippen LogP contribution in [0.4, 0.5) is 0 Å². The number of rotatable bonds is 4. The Balaban J connectivity index is 2.51. The van der Waals surface area contributed by atoms with Crippen molar-refractivity contribution in [3.05, 3.63) is 48.0 Å². The van der Waals surface area contributed by atoms with Gasteiger partial charge in [-0.25, -0.2) is 17.5 Å². The van der Waals surface area contributed by atoms with Crippen molar-refractivity contribution in [2.24, 2.45) is 0 Å². The van der Waals surface area contributed by atoms with E-state index in [-0.39, 0.29) is 16.2 Å². The molecule has 0 saturated carbocycles. The van der Waals surface area contributed by atoms with Crippen LogP contribution in [0.5, 0.6) is 5.75 Å². The zero-order chi connectivity index (χ0) is 16.5. The fraction of sp³-hybridized carbons (Fsp3) is 0.133. The van der Waals surface area contributed by atoms with E-state index in [4.69, 9.17) is 5.11 Å². The number of hydrogen-bond acceptors (Lipinski definition) is 4. The van der Waals surface area contributed by atoms with Crippen molar-refractivity contribution in [3.63, 3.8) is 0 Å². The molecule has 0 aromatic heterocycles. The fourth-order valence-corrected chi connectivity index (χ4v) is 2.89. The first-order valence-corrected chi connectivity index (χ1v) is 7.77. The van der Waals surface area contributed by atoms with Crippen molar-refractivity contribution in [3.8, 4) is 16.9 Å². The monoisotopic (exact) mass is 321 g/mol. The lowest BCUT2D eigenvalue weighted by molar-refractivity contribution is 0.0693. The van der Waals surface area contributed by atoms with Crippen LogP contribution in [0.3, 0.4) is 0 Å². The Kier molecular flexibility index (Phi) is 4.20. The second kappa shape index (κ2) is 5.78. The van der Waals surface area contributed by atoms with Crippen molar-refractivity contribution < 1.29 is 23.4 Å². The quantitative estimate of drug-likeness (QED) is 0.898. The van der Waals surface area contributed by atoms with E-state index in [0.717, 1.165) is 4.31 Å². The van der Waals surface area contributed by atoms with Crippen molar-refractivity contribution >= 4 is 16.0 Å². The number of sulfonamides is 1. The van der Waals surface area contributed by atoms with Crippen molar-refractivity contribution in [2.45, 2.75) is 4.90 Å². The predicted octanol–water partition coefficient (Wildman–Crippen LogP) is 2.01. The largest absolute Gasteiger partial charge is 0.507 e. The highest BCUT2D eigenvalue weighted by atomic mass is 32.2. The topological polar surface area (TPSA) is 94.9 Å². The average Bonchev–Trinajstić information content (AvgIpc) is 2.46. The molecule has 7 heteroatoms. The maximum absolute atomic E-state index is 12.1. The maximum Gasteiger partial charge on any atom is 0.339 e. The third kappa shape index (κ3) is 2.95. The Hall–Kier alpha value is -2.38. The minimum Gasteiger partial charge on any atom is -0.507 e. The Labute approximate surface area is 128 Å². The number of carbonyl (C=O) groups is 1. The number of carboxylic acids is 1. The molecule has 0 aliphatic heterocycles. The molecule has 116 valence electrons. The zero-order valence-electron chi connectivity index (χ0n) is 12.0. The molecule has 0 saturated heterocycles. The van der Waals surface area contributed by atoms with Gasteiger partial charge < -0.3 is 10.2 Å². The summed E-state index contributed by atoms with van der Waals surface area (Å²) >= 11 is 0. The summed E-state index contributed by atoms with van der Waals surface area (Å²) in [6.45, 7) is 0. The van der Waals surface area contributed by atoms with Gasteiger partial charge in [-0.3, -0.25) is 0 Å². The molecule has 0 aliphatic carbocycles. The van der Waals surface area contributed by atoms with Crippen LogP contribution in [0.15, 0.2) is 47.4 Å². The van der Waals surface area contributed by atoms with Crippen LogP contribution in [0.2, 0.25) is 0 Å². The Morgan fingerprint density at radius 3 is 2.23 bits per heavy atom. The molecule has 0 heterocycles. The summed E-state index contributed by atoms with van der Waals surface area (Å²) in [6, 6.07) is 10.3. The molecular formula is C15H15NO5S. The van der Waals surface area contributed by atoms with E-state index in [1.165, 1.54) is 44.4 Å². The molecule has 0 aliphatic rings. The molecule has 0 unspecified atom stereocenters. The van der Waals surface area contributed by atoms with E-state index in [0.29, 0.717) is 11.1 Å².